The van der Waals surface area contributed by atoms with E-state index < -0.39 is 6.61 Å². The van der Waals surface area contributed by atoms with Gasteiger partial charge in [0.25, 0.3) is 0 Å². The molecule has 0 aliphatic carbocycles. The Bertz CT molecular complexity index is 337. The summed E-state index contributed by atoms with van der Waals surface area (Å²) in [4.78, 5) is 0. The Hall–Kier alpha value is -1.42. The van der Waals surface area contributed by atoms with E-state index in [-0.39, 0.29) is 11.8 Å². The van der Waals surface area contributed by atoms with Crippen molar-refractivity contribution in [3.8, 4) is 5.75 Å². The summed E-state index contributed by atoms with van der Waals surface area (Å²) < 4.78 is 28.4. The number of benzene rings is 1. The highest BCUT2D eigenvalue weighted by molar-refractivity contribution is 5.57. The van der Waals surface area contributed by atoms with E-state index in [1.165, 1.54) is 6.07 Å². The van der Waals surface area contributed by atoms with Crippen LogP contribution < -0.4 is 10.5 Å². The number of para-hydroxylation sites is 1. The summed E-state index contributed by atoms with van der Waals surface area (Å²) in [5, 5.41) is 0. The van der Waals surface area contributed by atoms with E-state index in [2.05, 4.69) is 4.74 Å². The zero-order valence-electron chi connectivity index (χ0n) is 8.36. The average molecular weight is 213 g/mol. The maximum Gasteiger partial charge on any atom is 0.387 e. The first kappa shape index (κ1) is 11.7. The van der Waals surface area contributed by atoms with Crippen molar-refractivity contribution in [2.45, 2.75) is 19.6 Å². The Balaban J connectivity index is 2.86. The van der Waals surface area contributed by atoms with Crippen LogP contribution in [-0.2, 0) is 0 Å². The highest BCUT2D eigenvalue weighted by Crippen LogP contribution is 2.21. The van der Waals surface area contributed by atoms with Crippen molar-refractivity contribution in [3.63, 3.8) is 0 Å². The number of hydrogen-bond donors (Lipinski definition) is 1. The summed E-state index contributed by atoms with van der Waals surface area (Å²) in [6.45, 7) is -1.01. The first-order valence-corrected chi connectivity index (χ1v) is 4.57. The van der Waals surface area contributed by atoms with E-state index in [0.717, 1.165) is 0 Å². The predicted octanol–water partition coefficient (Wildman–Crippen LogP) is 2.65. The van der Waals surface area contributed by atoms with Crippen molar-refractivity contribution in [1.29, 1.82) is 0 Å². The molecule has 0 aliphatic heterocycles. The summed E-state index contributed by atoms with van der Waals surface area (Å²) in [6, 6.07) is 6.45. The molecule has 0 aliphatic rings. The molecule has 0 fully saturated rings. The number of hydrogen-bond acceptors (Lipinski definition) is 2. The van der Waals surface area contributed by atoms with E-state index in [4.69, 9.17) is 5.73 Å². The number of ether oxygens (including phenoxy) is 1. The molecule has 0 spiro atoms. The molecule has 1 aromatic rings. The molecule has 0 aromatic heterocycles. The number of rotatable bonds is 4. The zero-order valence-corrected chi connectivity index (χ0v) is 8.36. The molecular weight excluding hydrogens is 200 g/mol. The zero-order chi connectivity index (χ0) is 11.3. The lowest BCUT2D eigenvalue weighted by atomic mass is 10.1. The second-order valence-electron chi connectivity index (χ2n) is 3.13. The minimum atomic E-state index is -2.81. The molecule has 0 amide bonds. The highest BCUT2D eigenvalue weighted by atomic mass is 19.3. The van der Waals surface area contributed by atoms with E-state index in [9.17, 15) is 8.78 Å². The van der Waals surface area contributed by atoms with Gasteiger partial charge in [0, 0.05) is 11.6 Å². The van der Waals surface area contributed by atoms with Crippen LogP contribution >= 0.6 is 0 Å². The second kappa shape index (κ2) is 5.46. The molecule has 1 rings (SSSR count). The largest absolute Gasteiger partial charge is 0.434 e. The van der Waals surface area contributed by atoms with E-state index in [1.807, 2.05) is 0 Å². The third kappa shape index (κ3) is 4.08. The fraction of sp³-hybridized carbons (Fsp3) is 0.273. The van der Waals surface area contributed by atoms with Crippen LogP contribution in [0.1, 0.15) is 12.5 Å². The topological polar surface area (TPSA) is 35.2 Å². The van der Waals surface area contributed by atoms with E-state index in [0.29, 0.717) is 5.56 Å². The summed E-state index contributed by atoms with van der Waals surface area (Å²) in [7, 11) is 0. The van der Waals surface area contributed by atoms with Crippen molar-refractivity contribution >= 4 is 6.08 Å². The Morgan fingerprint density at radius 1 is 1.33 bits per heavy atom. The lowest BCUT2D eigenvalue weighted by molar-refractivity contribution is -0.0499. The molecular formula is C11H13F2NO. The normalized spacial score (nSPS) is 13.4. The fourth-order valence-electron chi connectivity index (χ4n) is 1.08. The Labute approximate surface area is 87.4 Å². The molecule has 82 valence electrons. The van der Waals surface area contributed by atoms with Crippen LogP contribution in [0.2, 0.25) is 0 Å². The summed E-state index contributed by atoms with van der Waals surface area (Å²) >= 11 is 0. The first-order valence-electron chi connectivity index (χ1n) is 4.57. The smallest absolute Gasteiger partial charge is 0.387 e. The maximum atomic E-state index is 12.0. The predicted molar refractivity (Wildman–Crippen MR) is 55.8 cm³/mol. The van der Waals surface area contributed by atoms with Crippen LogP contribution in [0.25, 0.3) is 6.08 Å². The third-order valence-electron chi connectivity index (χ3n) is 1.71. The molecule has 0 saturated heterocycles. The van der Waals surface area contributed by atoms with Gasteiger partial charge in [-0.1, -0.05) is 30.4 Å². The summed E-state index contributed by atoms with van der Waals surface area (Å²) in [5.74, 6) is 0.157. The molecule has 1 unspecified atom stereocenters. The molecule has 0 heterocycles. The molecule has 1 aromatic carbocycles. The lowest BCUT2D eigenvalue weighted by Gasteiger charge is -2.07. The molecule has 2 N–H and O–H groups in total. The van der Waals surface area contributed by atoms with Gasteiger partial charge in [-0.3, -0.25) is 0 Å². The molecule has 4 heteroatoms. The van der Waals surface area contributed by atoms with Crippen molar-refractivity contribution in [3.05, 3.63) is 35.9 Å². The van der Waals surface area contributed by atoms with Gasteiger partial charge >= 0.3 is 6.61 Å². The van der Waals surface area contributed by atoms with Gasteiger partial charge in [0.15, 0.2) is 0 Å². The Kier molecular flexibility index (Phi) is 4.24. The van der Waals surface area contributed by atoms with Crippen LogP contribution in [0.4, 0.5) is 8.78 Å². The third-order valence-corrected chi connectivity index (χ3v) is 1.71. The molecule has 1 atom stereocenters. The Morgan fingerprint density at radius 3 is 2.60 bits per heavy atom. The van der Waals surface area contributed by atoms with Crippen LogP contribution in [0, 0.1) is 0 Å². The minimum Gasteiger partial charge on any atom is -0.434 e. The number of halogens is 2. The monoisotopic (exact) mass is 213 g/mol. The second-order valence-corrected chi connectivity index (χ2v) is 3.13. The quantitative estimate of drug-likeness (QED) is 0.834. The molecule has 0 saturated carbocycles. The van der Waals surface area contributed by atoms with E-state index >= 15 is 0 Å². The molecule has 0 radical (unpaired) electrons. The van der Waals surface area contributed by atoms with Crippen LogP contribution in [-0.4, -0.2) is 12.7 Å². The van der Waals surface area contributed by atoms with Crippen LogP contribution in [0.5, 0.6) is 5.75 Å². The van der Waals surface area contributed by atoms with Gasteiger partial charge < -0.3 is 10.5 Å². The van der Waals surface area contributed by atoms with Gasteiger partial charge in [-0.2, -0.15) is 8.78 Å². The highest BCUT2D eigenvalue weighted by Gasteiger charge is 2.06. The van der Waals surface area contributed by atoms with Crippen molar-refractivity contribution < 1.29 is 13.5 Å². The van der Waals surface area contributed by atoms with Gasteiger partial charge in [0.2, 0.25) is 0 Å². The van der Waals surface area contributed by atoms with Gasteiger partial charge in [-0.15, -0.1) is 0 Å². The average Bonchev–Trinajstić information content (AvgIpc) is 2.15. The molecule has 15 heavy (non-hydrogen) atoms. The molecule has 0 bridgehead atoms. The summed E-state index contributed by atoms with van der Waals surface area (Å²) in [6.07, 6.45) is 3.38. The fourth-order valence-corrected chi connectivity index (χ4v) is 1.08. The van der Waals surface area contributed by atoms with Crippen LogP contribution in [0.15, 0.2) is 30.3 Å². The van der Waals surface area contributed by atoms with Crippen molar-refractivity contribution in [2.24, 2.45) is 5.73 Å². The molecule has 2 nitrogen and oxygen atoms in total. The SMILES string of the molecule is CC(N)/C=C/c1ccccc1OC(F)F. The lowest BCUT2D eigenvalue weighted by Crippen LogP contribution is -2.10. The summed E-state index contributed by atoms with van der Waals surface area (Å²) in [5.41, 5.74) is 6.11. The Morgan fingerprint density at radius 2 is 2.00 bits per heavy atom. The number of nitrogens with two attached hydrogens (primary N) is 1. The van der Waals surface area contributed by atoms with Crippen molar-refractivity contribution in [1.82, 2.24) is 0 Å². The number of alkyl halides is 2. The maximum absolute atomic E-state index is 12.0. The van der Waals surface area contributed by atoms with Crippen molar-refractivity contribution in [2.75, 3.05) is 0 Å². The van der Waals surface area contributed by atoms with Gasteiger partial charge in [-0.25, -0.2) is 0 Å². The van der Waals surface area contributed by atoms with E-state index in [1.54, 1.807) is 37.3 Å². The standard InChI is InChI=1S/C11H13F2NO/c1-8(14)6-7-9-4-2-3-5-10(9)15-11(12)13/h2-8,11H,14H2,1H3/b7-6+. The van der Waals surface area contributed by atoms with Crippen LogP contribution in [0.3, 0.4) is 0 Å². The minimum absolute atomic E-state index is 0.121. The van der Waals surface area contributed by atoms with Gasteiger partial charge in [-0.05, 0) is 13.0 Å². The first-order chi connectivity index (χ1) is 7.09. The van der Waals surface area contributed by atoms with Gasteiger partial charge in [0.1, 0.15) is 5.75 Å². The van der Waals surface area contributed by atoms with Gasteiger partial charge in [0.05, 0.1) is 0 Å².